The molecule has 0 aliphatic heterocycles. The van der Waals surface area contributed by atoms with E-state index in [2.05, 4.69) is 31.3 Å². The van der Waals surface area contributed by atoms with Gasteiger partial charge >= 0.3 is 5.97 Å². The molecular weight excluding hydrogens is 250 g/mol. The molecule has 0 bridgehead atoms. The van der Waals surface area contributed by atoms with Crippen LogP contribution in [-0.4, -0.2) is 19.1 Å². The smallest absolute Gasteiger partial charge is 0.328 e. The molecule has 3 nitrogen and oxygen atoms in total. The van der Waals surface area contributed by atoms with E-state index in [1.54, 1.807) is 0 Å². The van der Waals surface area contributed by atoms with Crippen LogP contribution in [-0.2, 0) is 9.53 Å². The summed E-state index contributed by atoms with van der Waals surface area (Å²) in [4.78, 5) is 12.1. The van der Waals surface area contributed by atoms with Gasteiger partial charge in [-0.1, -0.05) is 31.9 Å². The van der Waals surface area contributed by atoms with Gasteiger partial charge in [-0.3, -0.25) is 0 Å². The Kier molecular flexibility index (Phi) is 5.05. The summed E-state index contributed by atoms with van der Waals surface area (Å²) in [5.74, 6) is 0.914. The molecule has 2 rings (SSSR count). The van der Waals surface area contributed by atoms with Gasteiger partial charge in [0.25, 0.3) is 0 Å². The third-order valence-corrected chi connectivity index (χ3v) is 4.24. The molecule has 0 spiro atoms. The van der Waals surface area contributed by atoms with Crippen molar-refractivity contribution in [2.45, 2.75) is 45.6 Å². The molecule has 110 valence electrons. The number of benzene rings is 1. The molecule has 0 saturated heterocycles. The topological polar surface area (TPSA) is 38.3 Å². The lowest BCUT2D eigenvalue weighted by Crippen LogP contribution is -2.40. The number of hydrogen-bond donors (Lipinski definition) is 1. The Hall–Kier alpha value is -1.51. The van der Waals surface area contributed by atoms with Crippen LogP contribution in [0.2, 0.25) is 0 Å². The quantitative estimate of drug-likeness (QED) is 0.850. The molecule has 3 unspecified atom stereocenters. The third-order valence-electron chi connectivity index (χ3n) is 4.24. The number of hydrogen-bond acceptors (Lipinski definition) is 3. The van der Waals surface area contributed by atoms with Crippen LogP contribution >= 0.6 is 0 Å². The monoisotopic (exact) mass is 275 g/mol. The zero-order chi connectivity index (χ0) is 14.5. The summed E-state index contributed by atoms with van der Waals surface area (Å²) in [6.45, 7) is 4.33. The Morgan fingerprint density at radius 2 is 2.20 bits per heavy atom. The van der Waals surface area contributed by atoms with Crippen molar-refractivity contribution in [1.82, 2.24) is 0 Å². The average Bonchev–Trinajstić information content (AvgIpc) is 2.44. The second-order valence-electron chi connectivity index (χ2n) is 6.05. The van der Waals surface area contributed by atoms with Crippen LogP contribution in [0.1, 0.15) is 38.2 Å². The van der Waals surface area contributed by atoms with Crippen LogP contribution in [0.5, 0.6) is 0 Å². The summed E-state index contributed by atoms with van der Waals surface area (Å²) in [6.07, 6.45) is 4.67. The Morgan fingerprint density at radius 1 is 1.40 bits per heavy atom. The van der Waals surface area contributed by atoms with E-state index in [1.807, 2.05) is 12.1 Å². The SMILES string of the molecule is COC(=O)C(Nc1cccc(C)c1)C1CCCC(C)C1. The molecule has 20 heavy (non-hydrogen) atoms. The van der Waals surface area contributed by atoms with Crippen molar-refractivity contribution in [2.24, 2.45) is 11.8 Å². The second-order valence-corrected chi connectivity index (χ2v) is 6.05. The molecule has 1 saturated carbocycles. The summed E-state index contributed by atoms with van der Waals surface area (Å²) in [5.41, 5.74) is 2.19. The van der Waals surface area contributed by atoms with E-state index in [1.165, 1.54) is 25.5 Å². The molecule has 1 aliphatic rings. The summed E-state index contributed by atoms with van der Waals surface area (Å²) in [7, 11) is 1.47. The predicted octanol–water partition coefficient (Wildman–Crippen LogP) is 3.77. The molecule has 1 aromatic carbocycles. The number of methoxy groups -OCH3 is 1. The highest BCUT2D eigenvalue weighted by Crippen LogP contribution is 2.32. The number of esters is 1. The van der Waals surface area contributed by atoms with Gasteiger partial charge in [0.2, 0.25) is 0 Å². The minimum absolute atomic E-state index is 0.148. The zero-order valence-electron chi connectivity index (χ0n) is 12.7. The highest BCUT2D eigenvalue weighted by Gasteiger charge is 2.32. The van der Waals surface area contributed by atoms with Gasteiger partial charge in [-0.05, 0) is 49.3 Å². The van der Waals surface area contributed by atoms with Crippen molar-refractivity contribution in [2.75, 3.05) is 12.4 Å². The lowest BCUT2D eigenvalue weighted by Gasteiger charge is -2.32. The first kappa shape index (κ1) is 14.9. The van der Waals surface area contributed by atoms with Crippen molar-refractivity contribution in [3.05, 3.63) is 29.8 Å². The van der Waals surface area contributed by atoms with Crippen LogP contribution in [0.25, 0.3) is 0 Å². The molecule has 1 fully saturated rings. The Morgan fingerprint density at radius 3 is 2.85 bits per heavy atom. The van der Waals surface area contributed by atoms with Gasteiger partial charge in [-0.25, -0.2) is 4.79 Å². The highest BCUT2D eigenvalue weighted by molar-refractivity contribution is 5.79. The Bertz CT molecular complexity index is 458. The first-order valence-electron chi connectivity index (χ1n) is 7.51. The maximum Gasteiger partial charge on any atom is 0.328 e. The number of rotatable bonds is 4. The molecule has 1 N–H and O–H groups in total. The number of ether oxygens (including phenoxy) is 1. The van der Waals surface area contributed by atoms with E-state index >= 15 is 0 Å². The number of carbonyl (C=O) groups is 1. The highest BCUT2D eigenvalue weighted by atomic mass is 16.5. The van der Waals surface area contributed by atoms with E-state index < -0.39 is 0 Å². The first-order chi connectivity index (χ1) is 9.60. The molecule has 0 amide bonds. The van der Waals surface area contributed by atoms with Crippen molar-refractivity contribution < 1.29 is 9.53 Å². The summed E-state index contributed by atoms with van der Waals surface area (Å²) in [6, 6.07) is 7.91. The van der Waals surface area contributed by atoms with E-state index in [4.69, 9.17) is 4.74 Å². The first-order valence-corrected chi connectivity index (χ1v) is 7.51. The van der Waals surface area contributed by atoms with Crippen LogP contribution in [0.15, 0.2) is 24.3 Å². The average molecular weight is 275 g/mol. The van der Waals surface area contributed by atoms with Gasteiger partial charge in [0.05, 0.1) is 7.11 Å². The van der Waals surface area contributed by atoms with Gasteiger partial charge in [0, 0.05) is 5.69 Å². The number of nitrogens with one attached hydrogen (secondary N) is 1. The fourth-order valence-corrected chi connectivity index (χ4v) is 3.19. The molecule has 0 aromatic heterocycles. The van der Waals surface area contributed by atoms with Crippen LogP contribution in [0, 0.1) is 18.8 Å². The minimum atomic E-state index is -0.232. The van der Waals surface area contributed by atoms with Gasteiger partial charge in [-0.15, -0.1) is 0 Å². The molecule has 0 radical (unpaired) electrons. The van der Waals surface area contributed by atoms with Crippen LogP contribution in [0.3, 0.4) is 0 Å². The van der Waals surface area contributed by atoms with Crippen molar-refractivity contribution in [3.8, 4) is 0 Å². The third kappa shape index (κ3) is 3.75. The Balaban J connectivity index is 2.13. The largest absolute Gasteiger partial charge is 0.467 e. The molecule has 3 heteroatoms. The van der Waals surface area contributed by atoms with Gasteiger partial charge in [-0.2, -0.15) is 0 Å². The molecule has 3 atom stereocenters. The van der Waals surface area contributed by atoms with Gasteiger partial charge in [0.15, 0.2) is 0 Å². The second kappa shape index (κ2) is 6.78. The van der Waals surface area contributed by atoms with Crippen LogP contribution in [0.4, 0.5) is 5.69 Å². The summed E-state index contributed by atoms with van der Waals surface area (Å²) in [5, 5.41) is 3.39. The van der Waals surface area contributed by atoms with E-state index in [0.29, 0.717) is 11.8 Å². The van der Waals surface area contributed by atoms with Crippen LogP contribution < -0.4 is 5.32 Å². The maximum absolute atomic E-state index is 12.1. The minimum Gasteiger partial charge on any atom is -0.467 e. The fourth-order valence-electron chi connectivity index (χ4n) is 3.19. The summed E-state index contributed by atoms with van der Waals surface area (Å²) < 4.78 is 5.00. The number of carbonyl (C=O) groups excluding carboxylic acids is 1. The number of anilines is 1. The molecular formula is C17H25NO2. The van der Waals surface area contributed by atoms with E-state index in [0.717, 1.165) is 18.5 Å². The van der Waals surface area contributed by atoms with Crippen molar-refractivity contribution in [3.63, 3.8) is 0 Å². The molecule has 1 aromatic rings. The maximum atomic E-state index is 12.1. The Labute approximate surface area is 121 Å². The molecule has 0 heterocycles. The standard InChI is InChI=1S/C17H25NO2/c1-12-6-4-8-14(10-12)16(17(19)20-3)18-15-9-5-7-13(2)11-15/h5,7,9,11-12,14,16,18H,4,6,8,10H2,1-3H3. The van der Waals surface area contributed by atoms with E-state index in [9.17, 15) is 4.79 Å². The number of aryl methyl sites for hydroxylation is 1. The van der Waals surface area contributed by atoms with Crippen molar-refractivity contribution >= 4 is 11.7 Å². The normalized spacial score (nSPS) is 23.9. The lowest BCUT2D eigenvalue weighted by molar-refractivity contribution is -0.143. The lowest BCUT2D eigenvalue weighted by atomic mass is 9.78. The zero-order valence-corrected chi connectivity index (χ0v) is 12.7. The summed E-state index contributed by atoms with van der Waals surface area (Å²) >= 11 is 0. The van der Waals surface area contributed by atoms with Crippen molar-refractivity contribution in [1.29, 1.82) is 0 Å². The molecule has 1 aliphatic carbocycles. The van der Waals surface area contributed by atoms with Gasteiger partial charge < -0.3 is 10.1 Å². The van der Waals surface area contributed by atoms with Gasteiger partial charge in [0.1, 0.15) is 6.04 Å². The predicted molar refractivity (Wildman–Crippen MR) is 81.7 cm³/mol. The fraction of sp³-hybridized carbons (Fsp3) is 0.588. The van der Waals surface area contributed by atoms with E-state index in [-0.39, 0.29) is 12.0 Å².